The van der Waals surface area contributed by atoms with Gasteiger partial charge in [-0.3, -0.25) is 9.59 Å². The predicted octanol–water partition coefficient (Wildman–Crippen LogP) is 3.53. The second-order valence-electron chi connectivity index (χ2n) is 6.43. The fraction of sp³-hybridized carbons (Fsp3) is 0.318. The van der Waals surface area contributed by atoms with Crippen LogP contribution in [0, 0.1) is 0 Å². The summed E-state index contributed by atoms with van der Waals surface area (Å²) < 4.78 is 16.9. The van der Waals surface area contributed by atoms with Crippen LogP contribution in [-0.2, 0) is 4.79 Å². The molecule has 0 unspecified atom stereocenters. The lowest BCUT2D eigenvalue weighted by Gasteiger charge is -2.10. The van der Waals surface area contributed by atoms with Crippen molar-refractivity contribution < 1.29 is 23.8 Å². The summed E-state index contributed by atoms with van der Waals surface area (Å²) in [6.45, 7) is 2.46. The van der Waals surface area contributed by atoms with E-state index in [1.807, 2.05) is 18.2 Å². The first-order valence-corrected chi connectivity index (χ1v) is 10.5. The number of nitrogens with zero attached hydrogens (tertiary/aromatic N) is 1. The van der Waals surface area contributed by atoms with E-state index in [2.05, 4.69) is 38.7 Å². The zero-order valence-electron chi connectivity index (χ0n) is 17.7. The van der Waals surface area contributed by atoms with E-state index < -0.39 is 11.8 Å². The summed E-state index contributed by atoms with van der Waals surface area (Å²) in [5.74, 6) is 0.732. The number of rotatable bonds is 11. The van der Waals surface area contributed by atoms with Crippen LogP contribution in [0.25, 0.3) is 0 Å². The van der Waals surface area contributed by atoms with Crippen LogP contribution in [0.2, 0.25) is 0 Å². The SMILES string of the molecule is CCCCOc1ccc(Br)cc1/C=N\NC(=O)CNC(=O)c1ccc(OC)c(OC)c1. The van der Waals surface area contributed by atoms with Crippen LogP contribution >= 0.6 is 15.9 Å². The molecule has 0 saturated carbocycles. The topological polar surface area (TPSA) is 98.2 Å². The predicted molar refractivity (Wildman–Crippen MR) is 122 cm³/mol. The molecule has 2 aromatic carbocycles. The van der Waals surface area contributed by atoms with Crippen molar-refractivity contribution in [1.82, 2.24) is 10.7 Å². The lowest BCUT2D eigenvalue weighted by molar-refractivity contribution is -0.120. The molecule has 0 bridgehead atoms. The highest BCUT2D eigenvalue weighted by molar-refractivity contribution is 9.10. The molecule has 0 spiro atoms. The Hall–Kier alpha value is -3.07. The molecule has 2 rings (SSSR count). The van der Waals surface area contributed by atoms with Gasteiger partial charge in [-0.05, 0) is 42.8 Å². The first-order valence-electron chi connectivity index (χ1n) is 9.73. The highest BCUT2D eigenvalue weighted by Crippen LogP contribution is 2.27. The van der Waals surface area contributed by atoms with Gasteiger partial charge in [0, 0.05) is 15.6 Å². The number of nitrogens with one attached hydrogen (secondary N) is 2. The molecule has 166 valence electrons. The monoisotopic (exact) mass is 491 g/mol. The van der Waals surface area contributed by atoms with E-state index in [1.165, 1.54) is 26.5 Å². The first kappa shape index (κ1) is 24.2. The largest absolute Gasteiger partial charge is 0.493 e. The minimum absolute atomic E-state index is 0.233. The molecule has 31 heavy (non-hydrogen) atoms. The number of ether oxygens (including phenoxy) is 3. The van der Waals surface area contributed by atoms with Gasteiger partial charge in [0.05, 0.1) is 33.6 Å². The lowest BCUT2D eigenvalue weighted by atomic mass is 10.2. The molecule has 0 aliphatic rings. The van der Waals surface area contributed by atoms with Gasteiger partial charge in [-0.15, -0.1) is 0 Å². The molecule has 0 aliphatic carbocycles. The number of halogens is 1. The number of hydrogen-bond acceptors (Lipinski definition) is 6. The number of unbranched alkanes of at least 4 members (excludes halogenated alkanes) is 1. The molecule has 0 heterocycles. The van der Waals surface area contributed by atoms with Crippen molar-refractivity contribution in [2.75, 3.05) is 27.4 Å². The minimum Gasteiger partial charge on any atom is -0.493 e. The molecule has 2 amide bonds. The first-order chi connectivity index (χ1) is 15.0. The highest BCUT2D eigenvalue weighted by atomic mass is 79.9. The van der Waals surface area contributed by atoms with Crippen LogP contribution in [0.15, 0.2) is 46.0 Å². The van der Waals surface area contributed by atoms with Gasteiger partial charge in [-0.2, -0.15) is 5.10 Å². The molecule has 0 aromatic heterocycles. The Morgan fingerprint density at radius 1 is 1.06 bits per heavy atom. The van der Waals surface area contributed by atoms with E-state index in [-0.39, 0.29) is 6.54 Å². The summed E-state index contributed by atoms with van der Waals surface area (Å²) in [7, 11) is 2.99. The van der Waals surface area contributed by atoms with Gasteiger partial charge < -0.3 is 19.5 Å². The molecule has 8 nitrogen and oxygen atoms in total. The highest BCUT2D eigenvalue weighted by Gasteiger charge is 2.12. The molecule has 0 radical (unpaired) electrons. The van der Waals surface area contributed by atoms with E-state index in [0.717, 1.165) is 22.9 Å². The molecule has 2 N–H and O–H groups in total. The second kappa shape index (κ2) is 12.6. The lowest BCUT2D eigenvalue weighted by Crippen LogP contribution is -2.34. The van der Waals surface area contributed by atoms with Crippen molar-refractivity contribution in [3.63, 3.8) is 0 Å². The molecular weight excluding hydrogens is 466 g/mol. The maximum atomic E-state index is 12.3. The minimum atomic E-state index is -0.464. The van der Waals surface area contributed by atoms with Gasteiger partial charge in [0.1, 0.15) is 5.75 Å². The standard InChI is InChI=1S/C22H26BrN3O5/c1-4-5-10-31-18-9-7-17(23)11-16(18)13-25-26-21(27)14-24-22(28)15-6-8-19(29-2)20(12-15)30-3/h6-9,11-13H,4-5,10,14H2,1-3H3,(H,24,28)(H,26,27)/b25-13-. The third-order valence-corrected chi connectivity index (χ3v) is 4.67. The average molecular weight is 492 g/mol. The van der Waals surface area contributed by atoms with Gasteiger partial charge in [0.2, 0.25) is 0 Å². The Labute approximate surface area is 190 Å². The zero-order valence-corrected chi connectivity index (χ0v) is 19.3. The van der Waals surface area contributed by atoms with Crippen molar-refractivity contribution in [3.8, 4) is 17.2 Å². The van der Waals surface area contributed by atoms with Crippen LogP contribution in [0.4, 0.5) is 0 Å². The van der Waals surface area contributed by atoms with Gasteiger partial charge in [-0.25, -0.2) is 5.43 Å². The molecular formula is C22H26BrN3O5. The Morgan fingerprint density at radius 3 is 2.52 bits per heavy atom. The van der Waals surface area contributed by atoms with Crippen molar-refractivity contribution in [1.29, 1.82) is 0 Å². The van der Waals surface area contributed by atoms with Crippen LogP contribution in [0.5, 0.6) is 17.2 Å². The quantitative estimate of drug-likeness (QED) is 0.284. The fourth-order valence-corrected chi connectivity index (χ4v) is 2.91. The average Bonchev–Trinajstić information content (AvgIpc) is 2.78. The van der Waals surface area contributed by atoms with E-state index in [9.17, 15) is 9.59 Å². The number of benzene rings is 2. The van der Waals surface area contributed by atoms with Crippen molar-refractivity contribution in [3.05, 3.63) is 52.0 Å². The van der Waals surface area contributed by atoms with Crippen LogP contribution in [0.3, 0.4) is 0 Å². The number of hydrogen-bond donors (Lipinski definition) is 2. The van der Waals surface area contributed by atoms with E-state index in [4.69, 9.17) is 14.2 Å². The number of carbonyl (C=O) groups excluding carboxylic acids is 2. The summed E-state index contributed by atoms with van der Waals surface area (Å²) in [5.41, 5.74) is 3.46. The van der Waals surface area contributed by atoms with E-state index >= 15 is 0 Å². The summed E-state index contributed by atoms with van der Waals surface area (Å²) in [5, 5.41) is 6.50. The number of methoxy groups -OCH3 is 2. The Balaban J connectivity index is 1.90. The summed E-state index contributed by atoms with van der Waals surface area (Å²) >= 11 is 3.41. The maximum Gasteiger partial charge on any atom is 0.259 e. The molecule has 9 heteroatoms. The van der Waals surface area contributed by atoms with E-state index in [0.29, 0.717) is 29.4 Å². The Kier molecular flexibility index (Phi) is 9.83. The van der Waals surface area contributed by atoms with Gasteiger partial charge >= 0.3 is 0 Å². The number of amides is 2. The summed E-state index contributed by atoms with van der Waals surface area (Å²) in [6.07, 6.45) is 3.48. The molecule has 0 atom stereocenters. The van der Waals surface area contributed by atoms with Gasteiger partial charge in [0.25, 0.3) is 11.8 Å². The number of carbonyl (C=O) groups is 2. The Morgan fingerprint density at radius 2 is 1.81 bits per heavy atom. The molecule has 0 aliphatic heterocycles. The normalized spacial score (nSPS) is 10.6. The molecule has 0 fully saturated rings. The summed E-state index contributed by atoms with van der Waals surface area (Å²) in [6, 6.07) is 10.3. The molecule has 2 aromatic rings. The fourth-order valence-electron chi connectivity index (χ4n) is 2.53. The van der Waals surface area contributed by atoms with E-state index in [1.54, 1.807) is 12.1 Å². The number of hydrazone groups is 1. The second-order valence-corrected chi connectivity index (χ2v) is 7.35. The third-order valence-electron chi connectivity index (χ3n) is 4.18. The van der Waals surface area contributed by atoms with Crippen LogP contribution in [-0.4, -0.2) is 45.4 Å². The van der Waals surface area contributed by atoms with Crippen molar-refractivity contribution >= 4 is 34.0 Å². The smallest absolute Gasteiger partial charge is 0.259 e. The molecule has 0 saturated heterocycles. The van der Waals surface area contributed by atoms with Crippen molar-refractivity contribution in [2.45, 2.75) is 19.8 Å². The van der Waals surface area contributed by atoms with Crippen LogP contribution < -0.4 is 25.0 Å². The van der Waals surface area contributed by atoms with Gasteiger partial charge in [0.15, 0.2) is 11.5 Å². The Bertz CT molecular complexity index is 933. The van der Waals surface area contributed by atoms with Crippen molar-refractivity contribution in [2.24, 2.45) is 5.10 Å². The third kappa shape index (κ3) is 7.60. The summed E-state index contributed by atoms with van der Waals surface area (Å²) in [4.78, 5) is 24.3. The van der Waals surface area contributed by atoms with Crippen LogP contribution in [0.1, 0.15) is 35.7 Å². The maximum absolute atomic E-state index is 12.3. The van der Waals surface area contributed by atoms with Gasteiger partial charge in [-0.1, -0.05) is 29.3 Å². The zero-order chi connectivity index (χ0) is 22.6.